The van der Waals surface area contributed by atoms with Gasteiger partial charge in [-0.3, -0.25) is 4.79 Å². The van der Waals surface area contributed by atoms with Crippen LogP contribution in [0.3, 0.4) is 0 Å². The molecule has 0 aromatic carbocycles. The fourth-order valence-electron chi connectivity index (χ4n) is 4.42. The highest BCUT2D eigenvalue weighted by atomic mass is 35.5. The molecular formula is C19H37Cl2NO2. The number of rotatable bonds is 6. The molecule has 2 aliphatic rings. The van der Waals surface area contributed by atoms with Gasteiger partial charge in [0.2, 0.25) is 0 Å². The minimum atomic E-state index is -0.564. The predicted molar refractivity (Wildman–Crippen MR) is 105 cm³/mol. The molecule has 0 bridgehead atoms. The number of halogens is 2. The zero-order valence-electron chi connectivity index (χ0n) is 15.6. The maximum Gasteiger partial charge on any atom is 0.306 e. The van der Waals surface area contributed by atoms with Gasteiger partial charge in [0.25, 0.3) is 0 Å². The average molecular weight is 382 g/mol. The van der Waals surface area contributed by atoms with E-state index < -0.39 is 5.97 Å². The lowest BCUT2D eigenvalue weighted by atomic mass is 9.74. The number of piperidine rings is 1. The highest BCUT2D eigenvalue weighted by molar-refractivity contribution is 5.85. The fraction of sp³-hybridized carbons (Fsp3) is 0.947. The molecule has 1 aliphatic carbocycles. The van der Waals surface area contributed by atoms with E-state index in [1.165, 1.54) is 25.7 Å². The van der Waals surface area contributed by atoms with Gasteiger partial charge in [-0.2, -0.15) is 0 Å². The Labute approximate surface area is 160 Å². The summed E-state index contributed by atoms with van der Waals surface area (Å²) in [5.41, 5.74) is 0.531. The Morgan fingerprint density at radius 2 is 1.67 bits per heavy atom. The molecule has 1 heterocycles. The van der Waals surface area contributed by atoms with E-state index in [0.717, 1.165) is 51.2 Å². The predicted octanol–water partition coefficient (Wildman–Crippen LogP) is 5.40. The Hall–Kier alpha value is 0.01000. The van der Waals surface area contributed by atoms with Crippen molar-refractivity contribution in [1.29, 1.82) is 0 Å². The van der Waals surface area contributed by atoms with Gasteiger partial charge in [0.15, 0.2) is 0 Å². The highest BCUT2D eigenvalue weighted by Crippen LogP contribution is 2.38. The molecule has 2 fully saturated rings. The average Bonchev–Trinajstić information content (AvgIpc) is 2.48. The van der Waals surface area contributed by atoms with Crippen LogP contribution >= 0.6 is 24.8 Å². The van der Waals surface area contributed by atoms with E-state index in [1.54, 1.807) is 0 Å². The minimum absolute atomic E-state index is 0. The summed E-state index contributed by atoms with van der Waals surface area (Å²) in [7, 11) is 0. The van der Waals surface area contributed by atoms with Gasteiger partial charge in [-0.15, -0.1) is 24.8 Å². The first-order chi connectivity index (χ1) is 10.4. The van der Waals surface area contributed by atoms with Crippen LogP contribution in [0, 0.1) is 17.3 Å². The van der Waals surface area contributed by atoms with Crippen molar-refractivity contribution in [3.63, 3.8) is 0 Å². The first kappa shape index (κ1) is 24.0. The van der Waals surface area contributed by atoms with Crippen molar-refractivity contribution >= 4 is 30.8 Å². The molecule has 0 amide bonds. The Balaban J connectivity index is 0.00000264. The van der Waals surface area contributed by atoms with Gasteiger partial charge < -0.3 is 10.0 Å². The van der Waals surface area contributed by atoms with Gasteiger partial charge in [-0.05, 0) is 69.4 Å². The SMILES string of the molecule is CCCCC(C(=O)O)C1CCN(C2CCC(C)(C)CC2)CC1.Cl.Cl. The molecule has 144 valence electrons. The topological polar surface area (TPSA) is 40.5 Å². The maximum atomic E-state index is 11.5. The number of hydrogen-bond acceptors (Lipinski definition) is 2. The maximum absolute atomic E-state index is 11.5. The van der Waals surface area contributed by atoms with E-state index >= 15 is 0 Å². The number of carbonyl (C=O) groups is 1. The van der Waals surface area contributed by atoms with E-state index in [2.05, 4.69) is 25.7 Å². The van der Waals surface area contributed by atoms with E-state index in [9.17, 15) is 9.90 Å². The number of carboxylic acids is 1. The van der Waals surface area contributed by atoms with Gasteiger partial charge in [0.05, 0.1) is 5.92 Å². The Kier molecular flexibility index (Phi) is 10.9. The number of nitrogens with zero attached hydrogens (tertiary/aromatic N) is 1. The molecule has 24 heavy (non-hydrogen) atoms. The normalized spacial score (nSPS) is 23.8. The van der Waals surface area contributed by atoms with Crippen LogP contribution in [0.1, 0.15) is 78.6 Å². The number of aliphatic carboxylic acids is 1. The van der Waals surface area contributed by atoms with Gasteiger partial charge in [-0.25, -0.2) is 0 Å². The van der Waals surface area contributed by atoms with E-state index in [4.69, 9.17) is 0 Å². The largest absolute Gasteiger partial charge is 0.481 e. The lowest BCUT2D eigenvalue weighted by Crippen LogP contribution is -2.45. The summed E-state index contributed by atoms with van der Waals surface area (Å²) in [6.45, 7) is 9.16. The Morgan fingerprint density at radius 3 is 2.12 bits per heavy atom. The van der Waals surface area contributed by atoms with Crippen molar-refractivity contribution in [2.75, 3.05) is 13.1 Å². The molecule has 1 saturated carbocycles. The first-order valence-electron chi connectivity index (χ1n) is 9.40. The zero-order chi connectivity index (χ0) is 16.2. The van der Waals surface area contributed by atoms with Crippen molar-refractivity contribution < 1.29 is 9.90 Å². The third-order valence-corrected chi connectivity index (χ3v) is 6.15. The number of unbranched alkanes of at least 4 members (excludes halogenated alkanes) is 1. The molecule has 0 spiro atoms. The molecule has 2 rings (SSSR count). The molecule has 1 N–H and O–H groups in total. The lowest BCUT2D eigenvalue weighted by molar-refractivity contribution is -0.144. The summed E-state index contributed by atoms with van der Waals surface area (Å²) < 4.78 is 0. The van der Waals surface area contributed by atoms with E-state index in [1.807, 2.05) is 0 Å². The first-order valence-corrected chi connectivity index (χ1v) is 9.40. The van der Waals surface area contributed by atoms with Crippen molar-refractivity contribution in [2.45, 2.75) is 84.6 Å². The van der Waals surface area contributed by atoms with Crippen molar-refractivity contribution in [3.8, 4) is 0 Å². The molecule has 0 aromatic rings. The van der Waals surface area contributed by atoms with Crippen LogP contribution in [0.15, 0.2) is 0 Å². The lowest BCUT2D eigenvalue weighted by Gasteiger charge is -2.43. The van der Waals surface area contributed by atoms with Gasteiger partial charge in [-0.1, -0.05) is 33.6 Å². The molecule has 0 aromatic heterocycles. The van der Waals surface area contributed by atoms with Crippen LogP contribution in [0.2, 0.25) is 0 Å². The second-order valence-corrected chi connectivity index (χ2v) is 8.36. The quantitative estimate of drug-likeness (QED) is 0.668. The van der Waals surface area contributed by atoms with E-state index in [0.29, 0.717) is 11.3 Å². The van der Waals surface area contributed by atoms with Gasteiger partial charge in [0, 0.05) is 6.04 Å². The molecule has 1 atom stereocenters. The highest BCUT2D eigenvalue weighted by Gasteiger charge is 2.35. The number of hydrogen-bond donors (Lipinski definition) is 1. The Bertz CT molecular complexity index is 358. The molecule has 0 radical (unpaired) electrons. The fourth-order valence-corrected chi connectivity index (χ4v) is 4.42. The summed E-state index contributed by atoms with van der Waals surface area (Å²) >= 11 is 0. The summed E-state index contributed by atoms with van der Waals surface area (Å²) in [6, 6.07) is 0.757. The Morgan fingerprint density at radius 1 is 1.12 bits per heavy atom. The molecule has 1 aliphatic heterocycles. The van der Waals surface area contributed by atoms with Crippen LogP contribution < -0.4 is 0 Å². The molecule has 5 heteroatoms. The van der Waals surface area contributed by atoms with Crippen LogP contribution in [-0.4, -0.2) is 35.1 Å². The zero-order valence-corrected chi connectivity index (χ0v) is 17.3. The number of likely N-dealkylation sites (tertiary alicyclic amines) is 1. The molecule has 1 unspecified atom stereocenters. The second kappa shape index (κ2) is 10.9. The second-order valence-electron chi connectivity index (χ2n) is 8.36. The summed E-state index contributed by atoms with van der Waals surface area (Å²) in [5.74, 6) is -0.265. The summed E-state index contributed by atoms with van der Waals surface area (Å²) in [6.07, 6.45) is 10.5. The van der Waals surface area contributed by atoms with Gasteiger partial charge in [0.1, 0.15) is 0 Å². The minimum Gasteiger partial charge on any atom is -0.481 e. The molecule has 3 nitrogen and oxygen atoms in total. The van der Waals surface area contributed by atoms with Crippen LogP contribution in [-0.2, 0) is 4.79 Å². The number of carboxylic acid groups (broad SMARTS) is 1. The summed E-state index contributed by atoms with van der Waals surface area (Å²) in [4.78, 5) is 14.2. The third kappa shape index (κ3) is 6.72. The van der Waals surface area contributed by atoms with Gasteiger partial charge >= 0.3 is 5.97 Å². The van der Waals surface area contributed by atoms with Crippen molar-refractivity contribution in [1.82, 2.24) is 4.90 Å². The molecule has 1 saturated heterocycles. The van der Waals surface area contributed by atoms with E-state index in [-0.39, 0.29) is 30.7 Å². The molecular weight excluding hydrogens is 345 g/mol. The van der Waals surface area contributed by atoms with Crippen LogP contribution in [0.5, 0.6) is 0 Å². The van der Waals surface area contributed by atoms with Crippen LogP contribution in [0.25, 0.3) is 0 Å². The standard InChI is InChI=1S/C19H35NO2.2ClH/c1-4-5-6-17(18(21)22)15-9-13-20(14-10-15)16-7-11-19(2,3)12-8-16;;/h15-17H,4-14H2,1-3H3,(H,21,22);2*1H. The third-order valence-electron chi connectivity index (χ3n) is 6.15. The smallest absolute Gasteiger partial charge is 0.306 e. The van der Waals surface area contributed by atoms with Crippen LogP contribution in [0.4, 0.5) is 0 Å². The van der Waals surface area contributed by atoms with Crippen molar-refractivity contribution in [2.24, 2.45) is 17.3 Å². The van der Waals surface area contributed by atoms with Crippen molar-refractivity contribution in [3.05, 3.63) is 0 Å². The monoisotopic (exact) mass is 381 g/mol. The summed E-state index contributed by atoms with van der Waals surface area (Å²) in [5, 5.41) is 9.51.